The zero-order chi connectivity index (χ0) is 45.7. The summed E-state index contributed by atoms with van der Waals surface area (Å²) in [4.78, 5) is 0. The van der Waals surface area contributed by atoms with Gasteiger partial charge in [0.05, 0.1) is 0 Å². The fraction of sp³-hybridized carbons (Fsp3) is 0.333. The van der Waals surface area contributed by atoms with Crippen molar-refractivity contribution in [3.05, 3.63) is 179 Å². The van der Waals surface area contributed by atoms with Crippen molar-refractivity contribution in [3.63, 3.8) is 0 Å². The summed E-state index contributed by atoms with van der Waals surface area (Å²) in [5.41, 5.74) is 34.9. The van der Waals surface area contributed by atoms with Crippen molar-refractivity contribution in [2.24, 2.45) is 0 Å². The Morgan fingerprint density at radius 3 is 0.631 bits per heavy atom. The van der Waals surface area contributed by atoms with Crippen LogP contribution < -0.4 is 52.8 Å². The average Bonchev–Trinajstić information content (AvgIpc) is 3.42. The summed E-state index contributed by atoms with van der Waals surface area (Å²) in [6, 6.07) is 29.9. The van der Waals surface area contributed by atoms with E-state index in [1.165, 1.54) is 155 Å². The third-order valence-corrected chi connectivity index (χ3v) is 25.6. The number of hydrogen-bond donors (Lipinski definition) is 0. The molecule has 6 aromatic rings. The first-order chi connectivity index (χ1) is 29.1. The summed E-state index contributed by atoms with van der Waals surface area (Å²) >= 11 is 2.60. The molecule has 1 aliphatic rings. The van der Waals surface area contributed by atoms with E-state index in [0.29, 0.717) is 0 Å². The molecule has 0 saturated heterocycles. The van der Waals surface area contributed by atoms with E-state index in [9.17, 15) is 0 Å². The third-order valence-electron chi connectivity index (χ3n) is 17.2. The molecule has 0 aliphatic heterocycles. The first kappa shape index (κ1) is 54.2. The van der Waals surface area contributed by atoms with Gasteiger partial charge >= 0.3 is 391 Å². The third kappa shape index (κ3) is 7.97. The first-order valence-electron chi connectivity index (χ1n) is 22.7. The Morgan fingerprint density at radius 2 is 0.446 bits per heavy atom. The maximum absolute atomic E-state index is 2.99. The second kappa shape index (κ2) is 19.7. The number of rotatable bonds is 7. The molecule has 65 heavy (non-hydrogen) atoms. The molecule has 0 heterocycles. The van der Waals surface area contributed by atoms with Gasteiger partial charge in [-0.15, -0.1) is 0 Å². The molecule has 1 aliphatic carbocycles. The van der Waals surface area contributed by atoms with Gasteiger partial charge in [0.25, 0.3) is 0 Å². The Labute approximate surface area is 424 Å². The van der Waals surface area contributed by atoms with Crippen LogP contribution in [0.4, 0.5) is 0 Å². The number of hydrogen-bond acceptors (Lipinski definition) is 0. The summed E-state index contributed by atoms with van der Waals surface area (Å²) in [6.07, 6.45) is 0. The molecule has 0 N–H and O–H groups in total. The van der Waals surface area contributed by atoms with Crippen LogP contribution in [0.3, 0.4) is 0 Å². The van der Waals surface area contributed by atoms with Gasteiger partial charge in [0.1, 0.15) is 0 Å². The molecular weight excluding hydrogens is 903 g/mol. The quantitative estimate of drug-likeness (QED) is 0.142. The van der Waals surface area contributed by atoms with Crippen LogP contribution in [0.5, 0.6) is 0 Å². The van der Waals surface area contributed by atoms with Gasteiger partial charge in [-0.1, -0.05) is 0 Å². The second-order valence-electron chi connectivity index (χ2n) is 19.2. The molecule has 6 aromatic carbocycles. The Balaban J connectivity index is 0.00000308. The Kier molecular flexibility index (Phi) is 16.4. The maximum Gasteiger partial charge on any atom is -1.00 e. The van der Waals surface area contributed by atoms with E-state index < -0.39 is 8.07 Å². The number of halogens is 3. The van der Waals surface area contributed by atoms with Crippen molar-refractivity contribution in [1.29, 1.82) is 0 Å². The second-order valence-corrected chi connectivity index (χ2v) is 25.2. The number of benzene rings is 6. The van der Waals surface area contributed by atoms with Gasteiger partial charge < -0.3 is 37.2 Å². The van der Waals surface area contributed by atoms with Crippen LogP contribution in [-0.2, 0) is 20.4 Å². The largest absolute Gasteiger partial charge is 1.00 e. The zero-order valence-corrected chi connectivity index (χ0v) is 47.4. The summed E-state index contributed by atoms with van der Waals surface area (Å²) in [5, 5.41) is 4.35. The van der Waals surface area contributed by atoms with Gasteiger partial charge in [-0.3, -0.25) is 0 Å². The summed E-state index contributed by atoms with van der Waals surface area (Å²) in [5.74, 6) is 0. The number of allylic oxidation sites excluding steroid dienone is 4. The van der Waals surface area contributed by atoms with Crippen molar-refractivity contribution < 1.29 is 57.7 Å². The fourth-order valence-corrected chi connectivity index (χ4v) is 20.0. The van der Waals surface area contributed by atoms with Crippen molar-refractivity contribution in [3.8, 4) is 33.4 Å². The molecule has 0 nitrogen and oxygen atoms in total. The summed E-state index contributed by atoms with van der Waals surface area (Å²) in [6.45, 7) is 44.1. The van der Waals surface area contributed by atoms with Crippen LogP contribution in [0.2, 0.25) is 3.34 Å². The van der Waals surface area contributed by atoms with Crippen LogP contribution in [0.1, 0.15) is 111 Å². The molecule has 0 bridgehead atoms. The Bertz CT molecular complexity index is 2530. The minimum atomic E-state index is -2.99. The van der Waals surface area contributed by atoms with Gasteiger partial charge in [0.2, 0.25) is 0 Å². The molecule has 0 fully saturated rings. The first-order valence-corrected chi connectivity index (χ1v) is 25.5. The maximum atomic E-state index is 2.60. The molecule has 0 unspecified atom stereocenters. The SMILES string of the molecule is CC1=C(C)[C]([Ti+3])([Si](c2ccc(-c3c(C)c(C)c(C)c(C)c3C)cc2)(c2ccc(-c3c(C)c(C)c(C)c(C)c3C)cc2)c2ccc(-c3c(C)c(C)c(C)c(C)c3C)cc2)C(C)=C1C.[Cl-].[Cl-].[Cl-]. The summed E-state index contributed by atoms with van der Waals surface area (Å²) in [7, 11) is -2.99. The monoisotopic (exact) mass is 970 g/mol. The van der Waals surface area contributed by atoms with Gasteiger partial charge in [0, 0.05) is 0 Å². The molecule has 338 valence electrons. The molecular formula is C60H69Cl3SiTi. The smallest absolute Gasteiger partial charge is 1.00 e. The minimum Gasteiger partial charge on any atom is -1.00 e. The van der Waals surface area contributed by atoms with E-state index in [1.54, 1.807) is 0 Å². The van der Waals surface area contributed by atoms with E-state index in [4.69, 9.17) is 0 Å². The topological polar surface area (TPSA) is 0 Å². The van der Waals surface area contributed by atoms with Gasteiger partial charge in [-0.25, -0.2) is 0 Å². The minimum absolute atomic E-state index is 0. The van der Waals surface area contributed by atoms with E-state index in [2.05, 4.69) is 225 Å². The van der Waals surface area contributed by atoms with Crippen LogP contribution in [-0.4, -0.2) is 8.07 Å². The molecule has 0 amide bonds. The van der Waals surface area contributed by atoms with Crippen LogP contribution in [0.15, 0.2) is 95.1 Å². The van der Waals surface area contributed by atoms with Crippen LogP contribution in [0, 0.1) is 104 Å². The molecule has 0 saturated carbocycles. The fourth-order valence-electron chi connectivity index (χ4n) is 11.6. The molecule has 0 atom stereocenters. The normalized spacial score (nSPS) is 13.5. The van der Waals surface area contributed by atoms with Gasteiger partial charge in [-0.2, -0.15) is 0 Å². The van der Waals surface area contributed by atoms with Gasteiger partial charge in [-0.05, 0) is 0 Å². The predicted molar refractivity (Wildman–Crippen MR) is 271 cm³/mol. The van der Waals surface area contributed by atoms with Crippen LogP contribution in [0.25, 0.3) is 33.4 Å². The molecule has 5 heteroatoms. The van der Waals surface area contributed by atoms with Crippen LogP contribution >= 0.6 is 0 Å². The zero-order valence-electron chi connectivity index (χ0n) is 42.6. The predicted octanol–water partition coefficient (Wildman–Crippen LogP) is 5.73. The Hall–Kier alpha value is -3.40. The van der Waals surface area contributed by atoms with Crippen molar-refractivity contribution in [1.82, 2.24) is 0 Å². The van der Waals surface area contributed by atoms with E-state index in [1.807, 2.05) is 0 Å². The Morgan fingerprint density at radius 1 is 0.277 bits per heavy atom. The van der Waals surface area contributed by atoms with Crippen molar-refractivity contribution >= 4 is 23.6 Å². The molecule has 0 radical (unpaired) electrons. The van der Waals surface area contributed by atoms with Crippen molar-refractivity contribution in [2.75, 3.05) is 0 Å². The van der Waals surface area contributed by atoms with E-state index in [0.717, 1.165) is 0 Å². The molecule has 0 spiro atoms. The average molecular weight is 973 g/mol. The molecule has 0 aromatic heterocycles. The van der Waals surface area contributed by atoms with E-state index >= 15 is 0 Å². The standard InChI is InChI=1S/C60H69Si.3ClH.Ti/c1-32-35(4)43(12)57(44(13)36(32)5)51-20-26-54(27-21-51)61(60-49(18)41(10)42(11)50(60)19,55-28-22-52(23-29-55)58-45(14)37(6)33(2)38(7)46(58)15)56-30-24-53(25-31-56)59-47(16)39(8)34(3)40(9)48(59)17;;;;/h20-31H,1-19H3;3*1H;/q;;;;+3/p-3. The summed E-state index contributed by atoms with van der Waals surface area (Å²) < 4.78 is -0.222. The van der Waals surface area contributed by atoms with Gasteiger partial charge in [0.15, 0.2) is 0 Å². The van der Waals surface area contributed by atoms with Crippen molar-refractivity contribution in [2.45, 2.75) is 135 Å². The molecule has 7 rings (SSSR count). The van der Waals surface area contributed by atoms with E-state index in [-0.39, 0.29) is 40.6 Å².